The molecule has 2 N–H and O–H groups in total. The van der Waals surface area contributed by atoms with Crippen LogP contribution in [0.25, 0.3) is 0 Å². The van der Waals surface area contributed by atoms with Crippen molar-refractivity contribution in [3.05, 3.63) is 65.2 Å². The first kappa shape index (κ1) is 24.3. The highest BCUT2D eigenvalue weighted by atomic mass is 35.5. The lowest BCUT2D eigenvalue weighted by Crippen LogP contribution is -2.50. The first-order valence-electron chi connectivity index (χ1n) is 12.7. The second kappa shape index (κ2) is 8.48. The van der Waals surface area contributed by atoms with Crippen LogP contribution in [-0.4, -0.2) is 41.3 Å². The van der Waals surface area contributed by atoms with Gasteiger partial charge in [-0.2, -0.15) is 0 Å². The van der Waals surface area contributed by atoms with Crippen molar-refractivity contribution in [3.8, 4) is 5.75 Å². The molecule has 4 aliphatic rings. The van der Waals surface area contributed by atoms with E-state index in [4.69, 9.17) is 26.2 Å². The number of benzene rings is 2. The average molecular weight is 529 g/mol. The maximum Gasteiger partial charge on any atom is 0.238 e. The molecule has 8 heteroatoms. The van der Waals surface area contributed by atoms with E-state index in [1.807, 2.05) is 12.1 Å². The number of ether oxygens (including phenoxy) is 2. The maximum atomic E-state index is 12.2. The third-order valence-electron chi connectivity index (χ3n) is 9.30. The SMILES string of the molecule is C=C[C@@H](OC)C12CC1C[C@H]2CN1C[C@@]2(CCCc3cc(Cl)ccc32)COc2ccc(S(N)(=O)=O)cc21. The van der Waals surface area contributed by atoms with Gasteiger partial charge < -0.3 is 14.4 Å². The van der Waals surface area contributed by atoms with Crippen LogP contribution in [0.15, 0.2) is 53.9 Å². The van der Waals surface area contributed by atoms with Crippen LogP contribution in [0.2, 0.25) is 5.02 Å². The lowest BCUT2D eigenvalue weighted by atomic mass is 9.68. The van der Waals surface area contributed by atoms with Crippen LogP contribution in [-0.2, 0) is 26.6 Å². The molecule has 36 heavy (non-hydrogen) atoms. The minimum atomic E-state index is -3.84. The molecule has 2 aromatic rings. The minimum absolute atomic E-state index is 0.0335. The summed E-state index contributed by atoms with van der Waals surface area (Å²) in [5.74, 6) is 1.81. The quantitative estimate of drug-likeness (QED) is 0.550. The normalized spacial score (nSPS) is 31.2. The summed E-state index contributed by atoms with van der Waals surface area (Å²) in [5, 5.41) is 6.28. The number of anilines is 1. The van der Waals surface area contributed by atoms with Gasteiger partial charge in [0.05, 0.1) is 23.3 Å². The molecule has 1 spiro atoms. The van der Waals surface area contributed by atoms with E-state index in [0.29, 0.717) is 24.2 Å². The number of nitrogens with two attached hydrogens (primary N) is 1. The van der Waals surface area contributed by atoms with Crippen molar-refractivity contribution in [3.63, 3.8) is 0 Å². The molecular formula is C28H33ClN2O4S. The Morgan fingerprint density at radius 3 is 2.86 bits per heavy atom. The first-order valence-corrected chi connectivity index (χ1v) is 14.6. The van der Waals surface area contributed by atoms with E-state index >= 15 is 0 Å². The molecule has 1 heterocycles. The van der Waals surface area contributed by atoms with Crippen molar-refractivity contribution in [1.29, 1.82) is 0 Å². The summed E-state index contributed by atoms with van der Waals surface area (Å²) < 4.78 is 36.8. The van der Waals surface area contributed by atoms with Crippen molar-refractivity contribution >= 4 is 27.3 Å². The zero-order valence-electron chi connectivity index (χ0n) is 20.6. The van der Waals surface area contributed by atoms with E-state index < -0.39 is 10.0 Å². The van der Waals surface area contributed by atoms with Gasteiger partial charge in [0, 0.05) is 36.1 Å². The number of hydrogen-bond acceptors (Lipinski definition) is 5. The lowest BCUT2D eigenvalue weighted by molar-refractivity contribution is -0.00286. The van der Waals surface area contributed by atoms with Crippen molar-refractivity contribution < 1.29 is 17.9 Å². The fourth-order valence-corrected chi connectivity index (χ4v) is 8.20. The highest BCUT2D eigenvalue weighted by Crippen LogP contribution is 2.73. The maximum absolute atomic E-state index is 12.2. The van der Waals surface area contributed by atoms with Crippen LogP contribution in [0.1, 0.15) is 36.8 Å². The predicted molar refractivity (Wildman–Crippen MR) is 141 cm³/mol. The van der Waals surface area contributed by atoms with Crippen LogP contribution in [0.5, 0.6) is 5.75 Å². The number of fused-ring (bicyclic) bond motifs is 4. The van der Waals surface area contributed by atoms with Gasteiger partial charge >= 0.3 is 0 Å². The molecule has 6 nitrogen and oxygen atoms in total. The zero-order valence-corrected chi connectivity index (χ0v) is 22.2. The first-order chi connectivity index (χ1) is 17.2. The standard InChI is InChI=1S/C28H33ClN2O4S/c1-3-26(34-2)28-14-19(28)12-20(28)15-31-16-27(10-4-5-18-11-21(29)6-8-23(18)27)17-35-25-9-7-22(13-24(25)31)36(30,32)33/h3,6-9,11,13,19-20,26H,1,4-5,10,12,14-17H2,2H3,(H2,30,32,33)/t19?,20-,26+,27-,28?/m0/s1. The Kier molecular flexibility index (Phi) is 5.72. The molecule has 192 valence electrons. The van der Waals surface area contributed by atoms with Crippen molar-refractivity contribution in [2.24, 2.45) is 22.4 Å². The van der Waals surface area contributed by atoms with Crippen LogP contribution < -0.4 is 14.8 Å². The number of nitrogens with zero attached hydrogens (tertiary/aromatic N) is 1. The second-order valence-electron chi connectivity index (χ2n) is 11.1. The Balaban J connectivity index is 1.42. The summed E-state index contributed by atoms with van der Waals surface area (Å²) in [6.45, 7) is 6.11. The molecule has 0 amide bonds. The Morgan fingerprint density at radius 1 is 1.33 bits per heavy atom. The smallest absolute Gasteiger partial charge is 0.238 e. The molecule has 2 unspecified atom stereocenters. The molecule has 0 radical (unpaired) electrons. The van der Waals surface area contributed by atoms with Crippen LogP contribution in [0.3, 0.4) is 0 Å². The van der Waals surface area contributed by atoms with E-state index in [0.717, 1.165) is 55.9 Å². The number of sulfonamides is 1. The summed E-state index contributed by atoms with van der Waals surface area (Å²) >= 11 is 6.36. The molecule has 1 aliphatic heterocycles. The fourth-order valence-electron chi connectivity index (χ4n) is 7.47. The Hall–Kier alpha value is -2.06. The van der Waals surface area contributed by atoms with Gasteiger partial charge in [0.15, 0.2) is 0 Å². The third kappa shape index (κ3) is 3.70. The molecule has 2 fully saturated rings. The second-order valence-corrected chi connectivity index (χ2v) is 13.1. The van der Waals surface area contributed by atoms with Gasteiger partial charge in [-0.25, -0.2) is 13.6 Å². The van der Waals surface area contributed by atoms with Crippen LogP contribution in [0, 0.1) is 17.3 Å². The van der Waals surface area contributed by atoms with Gasteiger partial charge in [-0.05, 0) is 85.4 Å². The van der Waals surface area contributed by atoms with Crippen LogP contribution in [0.4, 0.5) is 5.69 Å². The molecule has 2 aromatic carbocycles. The zero-order chi connectivity index (χ0) is 25.3. The minimum Gasteiger partial charge on any atom is -0.490 e. The summed E-state index contributed by atoms with van der Waals surface area (Å²) in [6, 6.07) is 11.2. The molecule has 0 saturated heterocycles. The Labute approximate surface area is 218 Å². The van der Waals surface area contributed by atoms with Gasteiger partial charge in [0.2, 0.25) is 10.0 Å². The predicted octanol–water partition coefficient (Wildman–Crippen LogP) is 4.69. The van der Waals surface area contributed by atoms with Gasteiger partial charge in [-0.15, -0.1) is 6.58 Å². The molecule has 2 saturated carbocycles. The highest BCUT2D eigenvalue weighted by molar-refractivity contribution is 7.89. The average Bonchev–Trinajstić information content (AvgIpc) is 3.48. The summed E-state index contributed by atoms with van der Waals surface area (Å²) in [7, 11) is -2.08. The van der Waals surface area contributed by atoms with Gasteiger partial charge in [-0.3, -0.25) is 0 Å². The van der Waals surface area contributed by atoms with E-state index in [1.165, 1.54) is 11.1 Å². The monoisotopic (exact) mass is 528 g/mol. The van der Waals surface area contributed by atoms with Crippen molar-refractivity contribution in [1.82, 2.24) is 0 Å². The van der Waals surface area contributed by atoms with Crippen molar-refractivity contribution in [2.45, 2.75) is 48.5 Å². The Bertz CT molecular complexity index is 1330. The summed E-state index contributed by atoms with van der Waals surface area (Å²) in [6.07, 6.45) is 7.33. The van der Waals surface area contributed by atoms with E-state index in [-0.39, 0.29) is 21.8 Å². The highest BCUT2D eigenvalue weighted by Gasteiger charge is 2.70. The number of halogens is 1. The Morgan fingerprint density at radius 2 is 2.17 bits per heavy atom. The third-order valence-corrected chi connectivity index (χ3v) is 10.5. The molecule has 5 atom stereocenters. The van der Waals surface area contributed by atoms with E-state index in [2.05, 4.69) is 23.6 Å². The fraction of sp³-hybridized carbons (Fsp3) is 0.500. The number of rotatable bonds is 6. The summed E-state index contributed by atoms with van der Waals surface area (Å²) in [4.78, 5) is 2.47. The number of hydrogen-bond donors (Lipinski definition) is 1. The molecule has 0 bridgehead atoms. The lowest BCUT2D eigenvalue weighted by Gasteiger charge is -2.46. The summed E-state index contributed by atoms with van der Waals surface area (Å²) in [5.41, 5.74) is 3.29. The van der Waals surface area contributed by atoms with Gasteiger partial charge in [-0.1, -0.05) is 23.7 Å². The topological polar surface area (TPSA) is 81.9 Å². The van der Waals surface area contributed by atoms with Crippen molar-refractivity contribution in [2.75, 3.05) is 31.7 Å². The van der Waals surface area contributed by atoms with Gasteiger partial charge in [0.25, 0.3) is 0 Å². The number of primary sulfonamides is 1. The largest absolute Gasteiger partial charge is 0.490 e. The van der Waals surface area contributed by atoms with E-state index in [9.17, 15) is 8.42 Å². The number of aryl methyl sites for hydroxylation is 1. The molecule has 6 rings (SSSR count). The number of methoxy groups -OCH3 is 1. The molecule has 0 aromatic heterocycles. The van der Waals surface area contributed by atoms with E-state index in [1.54, 1.807) is 25.3 Å². The molecular weight excluding hydrogens is 496 g/mol. The van der Waals surface area contributed by atoms with Crippen LogP contribution >= 0.6 is 11.6 Å². The van der Waals surface area contributed by atoms with Gasteiger partial charge in [0.1, 0.15) is 5.75 Å². The molecule has 3 aliphatic carbocycles.